The SMILES string of the molecule is CCCCCCN=C(CCCCCC)O[C@H]1CCC[C@H]1c1ccccc1. The van der Waals surface area contributed by atoms with Gasteiger partial charge in [0.15, 0.2) is 5.90 Å². The van der Waals surface area contributed by atoms with Gasteiger partial charge < -0.3 is 4.74 Å². The van der Waals surface area contributed by atoms with Gasteiger partial charge in [0, 0.05) is 18.9 Å². The summed E-state index contributed by atoms with van der Waals surface area (Å²) in [5, 5.41) is 0. The van der Waals surface area contributed by atoms with E-state index in [1.54, 1.807) is 0 Å². The van der Waals surface area contributed by atoms with Gasteiger partial charge in [-0.25, -0.2) is 0 Å². The van der Waals surface area contributed by atoms with E-state index in [4.69, 9.17) is 9.73 Å². The lowest BCUT2D eigenvalue weighted by molar-refractivity contribution is 0.170. The smallest absolute Gasteiger partial charge is 0.183 e. The van der Waals surface area contributed by atoms with Crippen molar-refractivity contribution < 1.29 is 4.74 Å². The van der Waals surface area contributed by atoms with Crippen LogP contribution in [-0.2, 0) is 4.74 Å². The highest BCUT2D eigenvalue weighted by molar-refractivity contribution is 5.76. The summed E-state index contributed by atoms with van der Waals surface area (Å²) in [6, 6.07) is 10.9. The van der Waals surface area contributed by atoms with Gasteiger partial charge in [0.05, 0.1) is 0 Å². The second-order valence-electron chi connectivity index (χ2n) is 7.75. The van der Waals surface area contributed by atoms with Crippen LogP contribution in [0.15, 0.2) is 35.3 Å². The Hall–Kier alpha value is -1.31. The summed E-state index contributed by atoms with van der Waals surface area (Å²) in [6.07, 6.45) is 15.2. The minimum atomic E-state index is 0.318. The highest BCUT2D eigenvalue weighted by Crippen LogP contribution is 2.37. The van der Waals surface area contributed by atoms with Gasteiger partial charge in [-0.15, -0.1) is 0 Å². The quantitative estimate of drug-likeness (QED) is 0.219. The van der Waals surface area contributed by atoms with Gasteiger partial charge in [-0.1, -0.05) is 82.7 Å². The van der Waals surface area contributed by atoms with Crippen LogP contribution in [0.5, 0.6) is 0 Å². The van der Waals surface area contributed by atoms with Crippen LogP contribution in [0.2, 0.25) is 0 Å². The Kier molecular flexibility index (Phi) is 10.5. The van der Waals surface area contributed by atoms with Crippen molar-refractivity contribution in [3.8, 4) is 0 Å². The standard InChI is InChI=1S/C24H39NO/c1-3-5-7-12-19-24(25-20-13-8-6-4-2)26-23-18-14-17-22(23)21-15-10-9-11-16-21/h9-11,15-16,22-23H,3-8,12-14,17-20H2,1-2H3/t22-,23-/m0/s1. The molecule has 0 heterocycles. The topological polar surface area (TPSA) is 21.6 Å². The fourth-order valence-electron chi connectivity index (χ4n) is 3.94. The molecule has 0 spiro atoms. The van der Waals surface area contributed by atoms with E-state index >= 15 is 0 Å². The van der Waals surface area contributed by atoms with E-state index in [2.05, 4.69) is 44.2 Å². The molecule has 1 aliphatic rings. The van der Waals surface area contributed by atoms with Gasteiger partial charge in [-0.2, -0.15) is 0 Å². The normalized spacial score (nSPS) is 20.5. The molecular formula is C24H39NO. The van der Waals surface area contributed by atoms with Crippen molar-refractivity contribution in [3.05, 3.63) is 35.9 Å². The third-order valence-corrected chi connectivity index (χ3v) is 5.51. The van der Waals surface area contributed by atoms with Crippen LogP contribution in [0.3, 0.4) is 0 Å². The predicted octanol–water partition coefficient (Wildman–Crippen LogP) is 7.29. The van der Waals surface area contributed by atoms with E-state index in [0.29, 0.717) is 12.0 Å². The second-order valence-corrected chi connectivity index (χ2v) is 7.75. The number of unbranched alkanes of at least 4 members (excludes halogenated alkanes) is 6. The van der Waals surface area contributed by atoms with E-state index in [-0.39, 0.29) is 0 Å². The van der Waals surface area contributed by atoms with Crippen LogP contribution in [0.4, 0.5) is 0 Å². The van der Waals surface area contributed by atoms with Crippen LogP contribution in [0, 0.1) is 0 Å². The Morgan fingerprint density at radius 1 is 0.923 bits per heavy atom. The van der Waals surface area contributed by atoms with Crippen molar-refractivity contribution >= 4 is 5.90 Å². The highest BCUT2D eigenvalue weighted by Gasteiger charge is 2.30. The molecule has 0 N–H and O–H groups in total. The monoisotopic (exact) mass is 357 g/mol. The van der Waals surface area contributed by atoms with Gasteiger partial charge in [0.2, 0.25) is 0 Å². The number of benzene rings is 1. The van der Waals surface area contributed by atoms with Gasteiger partial charge in [0.1, 0.15) is 6.10 Å². The summed E-state index contributed by atoms with van der Waals surface area (Å²) in [5.41, 5.74) is 1.43. The minimum Gasteiger partial charge on any atom is -0.477 e. The number of ether oxygens (including phenoxy) is 1. The molecule has 0 radical (unpaired) electrons. The number of nitrogens with zero attached hydrogens (tertiary/aromatic N) is 1. The maximum absolute atomic E-state index is 6.52. The van der Waals surface area contributed by atoms with Crippen molar-refractivity contribution in [2.45, 2.75) is 103 Å². The van der Waals surface area contributed by atoms with Crippen LogP contribution >= 0.6 is 0 Å². The fraction of sp³-hybridized carbons (Fsp3) is 0.708. The zero-order valence-corrected chi connectivity index (χ0v) is 17.1. The largest absolute Gasteiger partial charge is 0.477 e. The average Bonchev–Trinajstić information content (AvgIpc) is 3.13. The molecular weight excluding hydrogens is 318 g/mol. The number of hydrogen-bond donors (Lipinski definition) is 0. The highest BCUT2D eigenvalue weighted by atomic mass is 16.5. The first kappa shape index (κ1) is 21.0. The van der Waals surface area contributed by atoms with Gasteiger partial charge in [0.25, 0.3) is 0 Å². The Morgan fingerprint density at radius 3 is 2.38 bits per heavy atom. The van der Waals surface area contributed by atoms with E-state index in [9.17, 15) is 0 Å². The lowest BCUT2D eigenvalue weighted by atomic mass is 9.96. The zero-order chi connectivity index (χ0) is 18.5. The van der Waals surface area contributed by atoms with Crippen LogP contribution in [-0.4, -0.2) is 18.5 Å². The fourth-order valence-corrected chi connectivity index (χ4v) is 3.94. The molecule has 1 aromatic rings. The molecule has 0 saturated heterocycles. The van der Waals surface area contributed by atoms with Crippen molar-refractivity contribution in [2.75, 3.05) is 6.54 Å². The molecule has 1 fully saturated rings. The zero-order valence-electron chi connectivity index (χ0n) is 17.1. The number of rotatable bonds is 12. The summed E-state index contributed by atoms with van der Waals surface area (Å²) in [4.78, 5) is 4.88. The van der Waals surface area contributed by atoms with Gasteiger partial charge in [-0.3, -0.25) is 4.99 Å². The van der Waals surface area contributed by atoms with E-state index in [1.807, 2.05) is 0 Å². The molecule has 2 heteroatoms. The van der Waals surface area contributed by atoms with Crippen molar-refractivity contribution in [2.24, 2.45) is 4.99 Å². The molecule has 26 heavy (non-hydrogen) atoms. The summed E-state index contributed by atoms with van der Waals surface area (Å²) in [6.45, 7) is 5.46. The molecule has 0 aliphatic heterocycles. The van der Waals surface area contributed by atoms with Crippen molar-refractivity contribution in [1.29, 1.82) is 0 Å². The molecule has 1 saturated carbocycles. The lowest BCUT2D eigenvalue weighted by Crippen LogP contribution is -2.21. The van der Waals surface area contributed by atoms with E-state index in [0.717, 1.165) is 18.9 Å². The number of aliphatic imine (C=N–C) groups is 1. The summed E-state index contributed by atoms with van der Waals surface area (Å²) >= 11 is 0. The first-order valence-corrected chi connectivity index (χ1v) is 11.1. The third kappa shape index (κ3) is 7.51. The van der Waals surface area contributed by atoms with Crippen molar-refractivity contribution in [3.63, 3.8) is 0 Å². The lowest BCUT2D eigenvalue weighted by Gasteiger charge is -2.23. The molecule has 0 bridgehead atoms. The van der Waals surface area contributed by atoms with Crippen LogP contribution in [0.25, 0.3) is 0 Å². The Balaban J connectivity index is 1.91. The summed E-state index contributed by atoms with van der Waals surface area (Å²) < 4.78 is 6.52. The van der Waals surface area contributed by atoms with Gasteiger partial charge >= 0.3 is 0 Å². The third-order valence-electron chi connectivity index (χ3n) is 5.51. The Bertz CT molecular complexity index is 496. The molecule has 2 rings (SSSR count). The molecule has 2 nitrogen and oxygen atoms in total. The molecule has 0 aromatic heterocycles. The predicted molar refractivity (Wildman–Crippen MR) is 113 cm³/mol. The first-order chi connectivity index (χ1) is 12.8. The van der Waals surface area contributed by atoms with Gasteiger partial charge in [-0.05, 0) is 37.7 Å². The molecule has 0 amide bonds. The molecule has 1 aliphatic carbocycles. The average molecular weight is 358 g/mol. The molecule has 2 atom stereocenters. The Morgan fingerprint density at radius 2 is 1.65 bits per heavy atom. The molecule has 1 aromatic carbocycles. The van der Waals surface area contributed by atoms with Crippen molar-refractivity contribution in [1.82, 2.24) is 0 Å². The summed E-state index contributed by atoms with van der Waals surface area (Å²) in [7, 11) is 0. The van der Waals surface area contributed by atoms with E-state index < -0.39 is 0 Å². The Labute approximate surface area is 161 Å². The molecule has 0 unspecified atom stereocenters. The van der Waals surface area contributed by atoms with E-state index in [1.165, 1.54) is 76.2 Å². The number of hydrogen-bond acceptors (Lipinski definition) is 2. The maximum Gasteiger partial charge on any atom is 0.183 e. The minimum absolute atomic E-state index is 0.318. The second kappa shape index (κ2) is 12.9. The summed E-state index contributed by atoms with van der Waals surface area (Å²) in [5.74, 6) is 1.57. The maximum atomic E-state index is 6.52. The molecule has 146 valence electrons. The first-order valence-electron chi connectivity index (χ1n) is 11.1. The van der Waals surface area contributed by atoms with Crippen LogP contribution < -0.4 is 0 Å². The van der Waals surface area contributed by atoms with Crippen LogP contribution in [0.1, 0.15) is 102 Å².